The summed E-state index contributed by atoms with van der Waals surface area (Å²) in [7, 11) is 2.04. The van der Waals surface area contributed by atoms with E-state index in [9.17, 15) is 4.79 Å². The molecule has 0 spiro atoms. The van der Waals surface area contributed by atoms with Gasteiger partial charge >= 0.3 is 0 Å². The van der Waals surface area contributed by atoms with Crippen molar-refractivity contribution in [1.29, 1.82) is 0 Å². The zero-order valence-corrected chi connectivity index (χ0v) is 14.1. The van der Waals surface area contributed by atoms with Gasteiger partial charge in [-0.2, -0.15) is 0 Å². The molecule has 0 radical (unpaired) electrons. The van der Waals surface area contributed by atoms with Crippen LogP contribution in [0.4, 0.5) is 0 Å². The molecule has 1 aromatic carbocycles. The molecular formula is C20H28N2O. The Hall–Kier alpha value is -1.35. The fourth-order valence-electron chi connectivity index (χ4n) is 5.45. The molecule has 3 nitrogen and oxygen atoms in total. The minimum Gasteiger partial charge on any atom is -0.341 e. The summed E-state index contributed by atoms with van der Waals surface area (Å²) < 4.78 is 0. The van der Waals surface area contributed by atoms with E-state index in [1.165, 1.54) is 24.8 Å². The number of fused-ring (bicyclic) bond motifs is 2. The predicted molar refractivity (Wildman–Crippen MR) is 92.1 cm³/mol. The molecule has 2 bridgehead atoms. The highest BCUT2D eigenvalue weighted by Gasteiger charge is 2.56. The Morgan fingerprint density at radius 1 is 1.26 bits per heavy atom. The van der Waals surface area contributed by atoms with Gasteiger partial charge in [0, 0.05) is 19.6 Å². The average Bonchev–Trinajstić information content (AvgIpc) is 3.31. The molecule has 3 heteroatoms. The largest absolute Gasteiger partial charge is 0.341 e. The Kier molecular flexibility index (Phi) is 3.92. The highest BCUT2D eigenvalue weighted by Crippen LogP contribution is 2.58. The molecule has 2 saturated carbocycles. The number of carbonyl (C=O) groups excluding carboxylic acids is 1. The Bertz CT molecular complexity index is 566. The van der Waals surface area contributed by atoms with Crippen molar-refractivity contribution in [2.45, 2.75) is 44.6 Å². The third kappa shape index (κ3) is 2.59. The van der Waals surface area contributed by atoms with Crippen molar-refractivity contribution in [3.8, 4) is 0 Å². The molecule has 124 valence electrons. The zero-order chi connectivity index (χ0) is 15.9. The standard InChI is InChI=1S/C20H28N2O/c1-22(18-9-10-21-14-18)19(23)20(12-15-5-3-2-4-6-15)13-16-7-8-17(20)11-16/h2-6,16-18,21H,7-14H2,1H3. The maximum atomic E-state index is 13.5. The third-order valence-electron chi connectivity index (χ3n) is 6.67. The van der Waals surface area contributed by atoms with Gasteiger partial charge in [-0.05, 0) is 56.0 Å². The molecule has 1 aromatic rings. The molecule has 3 fully saturated rings. The van der Waals surface area contributed by atoms with E-state index < -0.39 is 0 Å². The van der Waals surface area contributed by atoms with Crippen LogP contribution in [0.25, 0.3) is 0 Å². The molecule has 1 aliphatic heterocycles. The van der Waals surface area contributed by atoms with E-state index >= 15 is 0 Å². The van der Waals surface area contributed by atoms with E-state index in [2.05, 4.69) is 40.5 Å². The third-order valence-corrected chi connectivity index (χ3v) is 6.67. The zero-order valence-electron chi connectivity index (χ0n) is 14.1. The lowest BCUT2D eigenvalue weighted by Gasteiger charge is -2.41. The topological polar surface area (TPSA) is 32.3 Å². The van der Waals surface area contributed by atoms with Crippen molar-refractivity contribution in [3.63, 3.8) is 0 Å². The van der Waals surface area contributed by atoms with Crippen LogP contribution in [0.2, 0.25) is 0 Å². The van der Waals surface area contributed by atoms with Crippen LogP contribution in [0.1, 0.15) is 37.7 Å². The Morgan fingerprint density at radius 2 is 2.09 bits per heavy atom. The lowest BCUT2D eigenvalue weighted by Crippen LogP contribution is -2.50. The molecule has 0 aromatic heterocycles. The van der Waals surface area contributed by atoms with Crippen molar-refractivity contribution in [2.24, 2.45) is 17.3 Å². The van der Waals surface area contributed by atoms with Gasteiger partial charge in [0.1, 0.15) is 0 Å². The summed E-state index contributed by atoms with van der Waals surface area (Å²) in [6, 6.07) is 11.0. The molecule has 4 unspecified atom stereocenters. The summed E-state index contributed by atoms with van der Waals surface area (Å²) in [5, 5.41) is 3.40. The van der Waals surface area contributed by atoms with Crippen LogP contribution in [0.15, 0.2) is 30.3 Å². The number of hydrogen-bond acceptors (Lipinski definition) is 2. The van der Waals surface area contributed by atoms with Gasteiger partial charge in [0.2, 0.25) is 5.91 Å². The van der Waals surface area contributed by atoms with Crippen molar-refractivity contribution < 1.29 is 4.79 Å². The minimum atomic E-state index is -0.137. The first-order valence-corrected chi connectivity index (χ1v) is 9.21. The van der Waals surface area contributed by atoms with E-state index in [0.717, 1.165) is 38.3 Å². The highest BCUT2D eigenvalue weighted by atomic mass is 16.2. The molecule has 3 aliphatic rings. The summed E-state index contributed by atoms with van der Waals surface area (Å²) >= 11 is 0. The smallest absolute Gasteiger partial charge is 0.229 e. The normalized spacial score (nSPS) is 35.6. The molecule has 1 heterocycles. The Balaban J connectivity index is 1.61. The number of nitrogens with one attached hydrogen (secondary N) is 1. The van der Waals surface area contributed by atoms with Gasteiger partial charge in [-0.3, -0.25) is 4.79 Å². The number of benzene rings is 1. The number of hydrogen-bond donors (Lipinski definition) is 1. The number of nitrogens with zero attached hydrogens (tertiary/aromatic N) is 1. The number of rotatable bonds is 4. The molecule has 1 saturated heterocycles. The van der Waals surface area contributed by atoms with Gasteiger partial charge in [-0.15, -0.1) is 0 Å². The number of amides is 1. The maximum Gasteiger partial charge on any atom is 0.229 e. The maximum absolute atomic E-state index is 13.5. The van der Waals surface area contributed by atoms with Crippen LogP contribution < -0.4 is 5.32 Å². The molecule has 4 atom stereocenters. The Labute approximate surface area is 139 Å². The van der Waals surface area contributed by atoms with Gasteiger partial charge in [0.15, 0.2) is 0 Å². The molecule has 2 aliphatic carbocycles. The molecule has 1 N–H and O–H groups in total. The van der Waals surface area contributed by atoms with Crippen LogP contribution in [-0.4, -0.2) is 37.0 Å². The molecule has 1 amide bonds. The molecule has 4 rings (SSSR count). The van der Waals surface area contributed by atoms with Gasteiger partial charge in [0.05, 0.1) is 5.41 Å². The quantitative estimate of drug-likeness (QED) is 0.927. The van der Waals surface area contributed by atoms with Gasteiger partial charge in [-0.25, -0.2) is 0 Å². The van der Waals surface area contributed by atoms with Gasteiger partial charge in [0.25, 0.3) is 0 Å². The molecular weight excluding hydrogens is 284 g/mol. The molecule has 23 heavy (non-hydrogen) atoms. The van der Waals surface area contributed by atoms with Crippen molar-refractivity contribution in [2.75, 3.05) is 20.1 Å². The first kappa shape index (κ1) is 15.2. The SMILES string of the molecule is CN(C(=O)C1(Cc2ccccc2)CC2CCC1C2)C1CCNC1. The van der Waals surface area contributed by atoms with E-state index in [-0.39, 0.29) is 5.41 Å². The summed E-state index contributed by atoms with van der Waals surface area (Å²) in [6.45, 7) is 2.00. The highest BCUT2D eigenvalue weighted by molar-refractivity contribution is 5.84. The van der Waals surface area contributed by atoms with Gasteiger partial charge < -0.3 is 10.2 Å². The second-order valence-corrected chi connectivity index (χ2v) is 7.96. The van der Waals surface area contributed by atoms with Crippen LogP contribution in [0, 0.1) is 17.3 Å². The monoisotopic (exact) mass is 312 g/mol. The fraction of sp³-hybridized carbons (Fsp3) is 0.650. The van der Waals surface area contributed by atoms with Crippen LogP contribution >= 0.6 is 0 Å². The first-order chi connectivity index (χ1) is 11.2. The van der Waals surface area contributed by atoms with E-state index in [0.29, 0.717) is 17.9 Å². The van der Waals surface area contributed by atoms with Crippen molar-refractivity contribution >= 4 is 5.91 Å². The fourth-order valence-corrected chi connectivity index (χ4v) is 5.45. The van der Waals surface area contributed by atoms with Crippen LogP contribution in [0.5, 0.6) is 0 Å². The predicted octanol–water partition coefficient (Wildman–Crippen LogP) is 2.86. The number of likely N-dealkylation sites (N-methyl/N-ethyl adjacent to an activating group) is 1. The lowest BCUT2D eigenvalue weighted by atomic mass is 9.68. The van der Waals surface area contributed by atoms with Crippen molar-refractivity contribution in [3.05, 3.63) is 35.9 Å². The summed E-state index contributed by atoms with van der Waals surface area (Å²) in [4.78, 5) is 15.6. The van der Waals surface area contributed by atoms with Gasteiger partial charge in [-0.1, -0.05) is 36.8 Å². The second-order valence-electron chi connectivity index (χ2n) is 7.96. The van der Waals surface area contributed by atoms with Crippen molar-refractivity contribution in [1.82, 2.24) is 10.2 Å². The van der Waals surface area contributed by atoms with E-state index in [4.69, 9.17) is 0 Å². The van der Waals surface area contributed by atoms with Crippen LogP contribution in [0.3, 0.4) is 0 Å². The first-order valence-electron chi connectivity index (χ1n) is 9.21. The number of carbonyl (C=O) groups is 1. The second kappa shape index (κ2) is 5.94. The average molecular weight is 312 g/mol. The Morgan fingerprint density at radius 3 is 2.70 bits per heavy atom. The summed E-state index contributed by atoms with van der Waals surface area (Å²) in [5.74, 6) is 1.79. The van der Waals surface area contributed by atoms with E-state index in [1.807, 2.05) is 7.05 Å². The van der Waals surface area contributed by atoms with Crippen LogP contribution in [-0.2, 0) is 11.2 Å². The summed E-state index contributed by atoms with van der Waals surface area (Å²) in [5.41, 5.74) is 1.19. The van der Waals surface area contributed by atoms with E-state index in [1.54, 1.807) is 0 Å². The summed E-state index contributed by atoms with van der Waals surface area (Å²) in [6.07, 6.45) is 6.99. The minimum absolute atomic E-state index is 0.137. The lowest BCUT2D eigenvalue weighted by molar-refractivity contribution is -0.146.